The Morgan fingerprint density at radius 2 is 1.90 bits per heavy atom. The molecule has 0 radical (unpaired) electrons. The van der Waals surface area contributed by atoms with E-state index in [0.717, 1.165) is 15.7 Å². The molecule has 110 valence electrons. The first kappa shape index (κ1) is 15.3. The molecule has 0 atom stereocenters. The summed E-state index contributed by atoms with van der Waals surface area (Å²) in [5.41, 5.74) is 2.87. The highest BCUT2D eigenvalue weighted by molar-refractivity contribution is 9.10. The standard InChI is InChI=1S/C15H16BrN3O2/c1-9-6-12(4-5-13(9)17-10(2)20)18-15(21)14-7-11(16)8-19(14)3/h4-8H,1-3H3,(H,17,20)(H,18,21). The van der Waals surface area contributed by atoms with Gasteiger partial charge >= 0.3 is 0 Å². The zero-order valence-electron chi connectivity index (χ0n) is 12.0. The summed E-state index contributed by atoms with van der Waals surface area (Å²) in [5.74, 6) is -0.307. The summed E-state index contributed by atoms with van der Waals surface area (Å²) >= 11 is 3.34. The Hall–Kier alpha value is -2.08. The lowest BCUT2D eigenvalue weighted by molar-refractivity contribution is -0.114. The second-order valence-electron chi connectivity index (χ2n) is 4.82. The summed E-state index contributed by atoms with van der Waals surface area (Å²) in [6, 6.07) is 7.11. The Morgan fingerprint density at radius 1 is 1.19 bits per heavy atom. The van der Waals surface area contributed by atoms with Crippen molar-refractivity contribution in [3.8, 4) is 0 Å². The van der Waals surface area contributed by atoms with Gasteiger partial charge in [-0.2, -0.15) is 0 Å². The van der Waals surface area contributed by atoms with Crippen LogP contribution in [0.2, 0.25) is 0 Å². The second kappa shape index (κ2) is 6.13. The van der Waals surface area contributed by atoms with Crippen LogP contribution in [-0.4, -0.2) is 16.4 Å². The largest absolute Gasteiger partial charge is 0.345 e. The van der Waals surface area contributed by atoms with Gasteiger partial charge < -0.3 is 15.2 Å². The van der Waals surface area contributed by atoms with Crippen molar-refractivity contribution in [3.63, 3.8) is 0 Å². The molecular formula is C15H16BrN3O2. The number of anilines is 2. The summed E-state index contributed by atoms with van der Waals surface area (Å²) in [7, 11) is 1.81. The first-order valence-corrected chi connectivity index (χ1v) is 7.17. The Bertz CT molecular complexity index is 707. The van der Waals surface area contributed by atoms with Crippen molar-refractivity contribution in [2.24, 2.45) is 7.05 Å². The zero-order chi connectivity index (χ0) is 15.6. The Kier molecular flexibility index (Phi) is 4.47. The number of aromatic nitrogens is 1. The molecule has 1 heterocycles. The van der Waals surface area contributed by atoms with Crippen LogP contribution in [0.15, 0.2) is 34.9 Å². The molecule has 5 nitrogen and oxygen atoms in total. The van der Waals surface area contributed by atoms with E-state index in [2.05, 4.69) is 26.6 Å². The number of carbonyl (C=O) groups excluding carboxylic acids is 2. The third kappa shape index (κ3) is 3.72. The molecule has 21 heavy (non-hydrogen) atoms. The van der Waals surface area contributed by atoms with Crippen LogP contribution in [0.3, 0.4) is 0 Å². The summed E-state index contributed by atoms with van der Waals surface area (Å²) in [6.45, 7) is 3.34. The fourth-order valence-corrected chi connectivity index (χ4v) is 2.54. The Morgan fingerprint density at radius 3 is 2.43 bits per heavy atom. The fourth-order valence-electron chi connectivity index (χ4n) is 2.02. The summed E-state index contributed by atoms with van der Waals surface area (Å²) in [5, 5.41) is 5.58. The van der Waals surface area contributed by atoms with Gasteiger partial charge in [-0.05, 0) is 52.7 Å². The molecule has 0 aliphatic heterocycles. The van der Waals surface area contributed by atoms with Gasteiger partial charge in [0.1, 0.15) is 5.69 Å². The van der Waals surface area contributed by atoms with Crippen LogP contribution in [0.25, 0.3) is 0 Å². The number of nitrogens with zero attached hydrogens (tertiary/aromatic N) is 1. The molecule has 2 rings (SSSR count). The molecule has 1 aromatic heterocycles. The Labute approximate surface area is 131 Å². The maximum atomic E-state index is 12.2. The van der Waals surface area contributed by atoms with E-state index in [-0.39, 0.29) is 11.8 Å². The van der Waals surface area contributed by atoms with E-state index in [9.17, 15) is 9.59 Å². The second-order valence-corrected chi connectivity index (χ2v) is 5.74. The molecular weight excluding hydrogens is 334 g/mol. The van der Waals surface area contributed by atoms with E-state index < -0.39 is 0 Å². The number of hydrogen-bond acceptors (Lipinski definition) is 2. The number of aryl methyl sites for hydroxylation is 2. The molecule has 0 fully saturated rings. The van der Waals surface area contributed by atoms with Gasteiger partial charge in [0, 0.05) is 36.0 Å². The quantitative estimate of drug-likeness (QED) is 0.892. The summed E-state index contributed by atoms with van der Waals surface area (Å²) in [6.07, 6.45) is 1.82. The highest BCUT2D eigenvalue weighted by Crippen LogP contribution is 2.21. The van der Waals surface area contributed by atoms with Crippen molar-refractivity contribution in [2.75, 3.05) is 10.6 Å². The third-order valence-electron chi connectivity index (χ3n) is 3.00. The van der Waals surface area contributed by atoms with Crippen LogP contribution in [0, 0.1) is 6.92 Å². The highest BCUT2D eigenvalue weighted by Gasteiger charge is 2.12. The van der Waals surface area contributed by atoms with Crippen LogP contribution < -0.4 is 10.6 Å². The van der Waals surface area contributed by atoms with E-state index in [1.807, 2.05) is 26.2 Å². The van der Waals surface area contributed by atoms with Crippen LogP contribution in [-0.2, 0) is 11.8 Å². The van der Waals surface area contributed by atoms with Gasteiger partial charge in [-0.25, -0.2) is 0 Å². The maximum absolute atomic E-state index is 12.2. The number of benzene rings is 1. The molecule has 6 heteroatoms. The maximum Gasteiger partial charge on any atom is 0.272 e. The Balaban J connectivity index is 2.16. The van der Waals surface area contributed by atoms with Crippen LogP contribution in [0.5, 0.6) is 0 Å². The molecule has 2 N–H and O–H groups in total. The lowest BCUT2D eigenvalue weighted by atomic mass is 10.1. The van der Waals surface area contributed by atoms with Crippen LogP contribution in [0.1, 0.15) is 23.0 Å². The molecule has 0 aliphatic rings. The van der Waals surface area contributed by atoms with Crippen molar-refractivity contribution in [1.29, 1.82) is 0 Å². The van der Waals surface area contributed by atoms with Gasteiger partial charge in [-0.3, -0.25) is 9.59 Å². The highest BCUT2D eigenvalue weighted by atomic mass is 79.9. The van der Waals surface area contributed by atoms with Gasteiger partial charge in [0.05, 0.1) is 0 Å². The smallest absolute Gasteiger partial charge is 0.272 e. The lowest BCUT2D eigenvalue weighted by Crippen LogP contribution is -2.15. The molecule has 1 aromatic carbocycles. The topological polar surface area (TPSA) is 63.1 Å². The van der Waals surface area contributed by atoms with Crippen LogP contribution in [0.4, 0.5) is 11.4 Å². The molecule has 0 aliphatic carbocycles. The van der Waals surface area contributed by atoms with Crippen molar-refractivity contribution >= 4 is 39.1 Å². The lowest BCUT2D eigenvalue weighted by Gasteiger charge is -2.10. The normalized spacial score (nSPS) is 10.3. The summed E-state index contributed by atoms with van der Waals surface area (Å²) in [4.78, 5) is 23.3. The first-order valence-electron chi connectivity index (χ1n) is 6.38. The molecule has 2 amide bonds. The number of hydrogen-bond donors (Lipinski definition) is 2. The number of amides is 2. The van der Waals surface area contributed by atoms with Gasteiger partial charge in [-0.1, -0.05) is 0 Å². The van der Waals surface area contributed by atoms with E-state index in [4.69, 9.17) is 0 Å². The SMILES string of the molecule is CC(=O)Nc1ccc(NC(=O)c2cc(Br)cn2C)cc1C. The van der Waals surface area contributed by atoms with E-state index in [0.29, 0.717) is 11.4 Å². The van der Waals surface area contributed by atoms with Crippen molar-refractivity contribution in [3.05, 3.63) is 46.2 Å². The first-order chi connectivity index (χ1) is 9.86. The molecule has 0 saturated carbocycles. The van der Waals surface area contributed by atoms with Gasteiger partial charge in [-0.15, -0.1) is 0 Å². The number of rotatable bonds is 3. The van der Waals surface area contributed by atoms with E-state index in [1.165, 1.54) is 6.92 Å². The van der Waals surface area contributed by atoms with Crippen molar-refractivity contribution in [1.82, 2.24) is 4.57 Å². The summed E-state index contributed by atoms with van der Waals surface area (Å²) < 4.78 is 2.60. The number of carbonyl (C=O) groups is 2. The molecule has 0 unspecified atom stereocenters. The monoisotopic (exact) mass is 349 g/mol. The predicted octanol–water partition coefficient (Wildman–Crippen LogP) is 3.31. The minimum absolute atomic E-state index is 0.122. The predicted molar refractivity (Wildman–Crippen MR) is 86.5 cm³/mol. The fraction of sp³-hybridized carbons (Fsp3) is 0.200. The number of halogens is 1. The molecule has 0 spiro atoms. The number of nitrogens with one attached hydrogen (secondary N) is 2. The van der Waals surface area contributed by atoms with Crippen LogP contribution >= 0.6 is 15.9 Å². The molecule has 0 bridgehead atoms. The molecule has 0 saturated heterocycles. The average Bonchev–Trinajstić information content (AvgIpc) is 2.71. The van der Waals surface area contributed by atoms with E-state index in [1.54, 1.807) is 22.8 Å². The zero-order valence-corrected chi connectivity index (χ0v) is 13.6. The molecule has 2 aromatic rings. The average molecular weight is 350 g/mol. The minimum atomic E-state index is -0.185. The minimum Gasteiger partial charge on any atom is -0.345 e. The van der Waals surface area contributed by atoms with Gasteiger partial charge in [0.25, 0.3) is 5.91 Å². The third-order valence-corrected chi connectivity index (χ3v) is 3.43. The van der Waals surface area contributed by atoms with Gasteiger partial charge in [0.2, 0.25) is 5.91 Å². The van der Waals surface area contributed by atoms with Crippen molar-refractivity contribution < 1.29 is 9.59 Å². The van der Waals surface area contributed by atoms with Crippen molar-refractivity contribution in [2.45, 2.75) is 13.8 Å². The van der Waals surface area contributed by atoms with Gasteiger partial charge in [0.15, 0.2) is 0 Å². The van der Waals surface area contributed by atoms with E-state index >= 15 is 0 Å².